The van der Waals surface area contributed by atoms with Crippen LogP contribution in [0.1, 0.15) is 17.3 Å². The second-order valence-electron chi connectivity index (χ2n) is 3.43. The molecule has 1 atom stereocenters. The van der Waals surface area contributed by atoms with Crippen LogP contribution in [0.25, 0.3) is 0 Å². The predicted octanol–water partition coefficient (Wildman–Crippen LogP) is 2.78. The number of rotatable bonds is 3. The van der Waals surface area contributed by atoms with Crippen LogP contribution in [-0.2, 0) is 4.79 Å². The van der Waals surface area contributed by atoms with E-state index in [4.69, 9.17) is 0 Å². The summed E-state index contributed by atoms with van der Waals surface area (Å²) in [4.78, 5) is 22.3. The first-order valence-electron chi connectivity index (χ1n) is 4.65. The molecule has 0 bridgehead atoms. The molecule has 0 saturated carbocycles. The van der Waals surface area contributed by atoms with Crippen LogP contribution >= 0.6 is 0 Å². The SMILES string of the molecule is CC(C(=O)c1ccccc1F)C(=O)C(F)(F)F. The van der Waals surface area contributed by atoms with E-state index in [0.717, 1.165) is 19.1 Å². The molecule has 0 radical (unpaired) electrons. The van der Waals surface area contributed by atoms with Crippen LogP contribution in [0.2, 0.25) is 0 Å². The van der Waals surface area contributed by atoms with Gasteiger partial charge in [-0.1, -0.05) is 12.1 Å². The maximum Gasteiger partial charge on any atom is 0.450 e. The lowest BCUT2D eigenvalue weighted by Crippen LogP contribution is -2.33. The third kappa shape index (κ3) is 2.89. The molecule has 0 spiro atoms. The summed E-state index contributed by atoms with van der Waals surface area (Å²) >= 11 is 0. The van der Waals surface area contributed by atoms with Crippen LogP contribution in [0.4, 0.5) is 17.6 Å². The smallest absolute Gasteiger partial charge is 0.293 e. The van der Waals surface area contributed by atoms with Gasteiger partial charge in [-0.15, -0.1) is 0 Å². The molecule has 0 aromatic heterocycles. The van der Waals surface area contributed by atoms with Gasteiger partial charge in [-0.2, -0.15) is 13.2 Å². The number of halogens is 4. The topological polar surface area (TPSA) is 34.1 Å². The summed E-state index contributed by atoms with van der Waals surface area (Å²) in [6.45, 7) is 0.810. The van der Waals surface area contributed by atoms with Gasteiger partial charge >= 0.3 is 6.18 Å². The van der Waals surface area contributed by atoms with Crippen molar-refractivity contribution in [2.45, 2.75) is 13.1 Å². The molecule has 1 unspecified atom stereocenters. The highest BCUT2D eigenvalue weighted by Gasteiger charge is 2.44. The molecule has 6 heteroatoms. The molecule has 1 aromatic rings. The standard InChI is InChI=1S/C11H8F4O2/c1-6(10(17)11(13,14)15)9(16)7-4-2-3-5-8(7)12/h2-6H,1H3. The van der Waals surface area contributed by atoms with Crippen LogP contribution in [-0.4, -0.2) is 17.7 Å². The van der Waals surface area contributed by atoms with E-state index < -0.39 is 35.0 Å². The predicted molar refractivity (Wildman–Crippen MR) is 51.0 cm³/mol. The van der Waals surface area contributed by atoms with Gasteiger partial charge < -0.3 is 0 Å². The highest BCUT2D eigenvalue weighted by atomic mass is 19.4. The molecule has 0 saturated heterocycles. The number of hydrogen-bond acceptors (Lipinski definition) is 2. The monoisotopic (exact) mass is 248 g/mol. The number of benzene rings is 1. The zero-order valence-electron chi connectivity index (χ0n) is 8.72. The summed E-state index contributed by atoms with van der Waals surface area (Å²) in [5.74, 6) is -6.23. The molecular formula is C11H8F4O2. The summed E-state index contributed by atoms with van der Waals surface area (Å²) in [6, 6.07) is 4.58. The molecule has 92 valence electrons. The van der Waals surface area contributed by atoms with E-state index in [-0.39, 0.29) is 0 Å². The summed E-state index contributed by atoms with van der Waals surface area (Å²) < 4.78 is 49.4. The highest BCUT2D eigenvalue weighted by molar-refractivity contribution is 6.11. The molecule has 0 aliphatic heterocycles. The molecule has 2 nitrogen and oxygen atoms in total. The first-order chi connectivity index (χ1) is 7.75. The molecule has 0 aliphatic carbocycles. The number of alkyl halides is 3. The van der Waals surface area contributed by atoms with Crippen molar-refractivity contribution in [1.82, 2.24) is 0 Å². The zero-order valence-corrected chi connectivity index (χ0v) is 8.72. The van der Waals surface area contributed by atoms with Crippen LogP contribution in [0.3, 0.4) is 0 Å². The zero-order chi connectivity index (χ0) is 13.2. The van der Waals surface area contributed by atoms with E-state index in [2.05, 4.69) is 0 Å². The minimum absolute atomic E-state index is 0.516. The van der Waals surface area contributed by atoms with Gasteiger partial charge in [0.05, 0.1) is 11.5 Å². The highest BCUT2D eigenvalue weighted by Crippen LogP contribution is 2.23. The Balaban J connectivity index is 3.00. The number of carbonyl (C=O) groups is 2. The van der Waals surface area contributed by atoms with Crippen LogP contribution in [0, 0.1) is 11.7 Å². The average molecular weight is 248 g/mol. The van der Waals surface area contributed by atoms with Crippen molar-refractivity contribution in [2.75, 3.05) is 0 Å². The first kappa shape index (κ1) is 13.3. The van der Waals surface area contributed by atoms with E-state index in [9.17, 15) is 27.2 Å². The van der Waals surface area contributed by atoms with Crippen molar-refractivity contribution in [3.8, 4) is 0 Å². The molecule has 0 N–H and O–H groups in total. The van der Waals surface area contributed by atoms with Gasteiger partial charge in [-0.25, -0.2) is 4.39 Å². The number of Topliss-reactive ketones (excluding diaryl/α,β-unsaturated/α-hetero) is 2. The van der Waals surface area contributed by atoms with E-state index in [1.54, 1.807) is 0 Å². The quantitative estimate of drug-likeness (QED) is 0.468. The second kappa shape index (κ2) is 4.65. The van der Waals surface area contributed by atoms with E-state index >= 15 is 0 Å². The van der Waals surface area contributed by atoms with E-state index in [1.165, 1.54) is 12.1 Å². The fraction of sp³-hybridized carbons (Fsp3) is 0.273. The van der Waals surface area contributed by atoms with Gasteiger partial charge in [-0.05, 0) is 19.1 Å². The van der Waals surface area contributed by atoms with Gasteiger partial charge in [0, 0.05) is 0 Å². The molecular weight excluding hydrogens is 240 g/mol. The lowest BCUT2D eigenvalue weighted by molar-refractivity contribution is -0.173. The average Bonchev–Trinajstić information content (AvgIpc) is 2.25. The molecule has 1 aromatic carbocycles. The summed E-state index contributed by atoms with van der Waals surface area (Å²) in [7, 11) is 0. The Kier molecular flexibility index (Phi) is 3.65. The van der Waals surface area contributed by atoms with Crippen molar-refractivity contribution >= 4 is 11.6 Å². The Bertz CT molecular complexity index is 451. The van der Waals surface area contributed by atoms with Crippen LogP contribution < -0.4 is 0 Å². The van der Waals surface area contributed by atoms with Crippen LogP contribution in [0.5, 0.6) is 0 Å². The number of hydrogen-bond donors (Lipinski definition) is 0. The summed E-state index contributed by atoms with van der Waals surface area (Å²) in [6.07, 6.45) is -5.10. The minimum atomic E-state index is -5.10. The number of ketones is 2. The second-order valence-corrected chi connectivity index (χ2v) is 3.43. The minimum Gasteiger partial charge on any atom is -0.293 e. The lowest BCUT2D eigenvalue weighted by atomic mass is 9.95. The van der Waals surface area contributed by atoms with Gasteiger partial charge in [0.1, 0.15) is 5.82 Å². The molecule has 0 amide bonds. The van der Waals surface area contributed by atoms with E-state index in [1.807, 2.05) is 0 Å². The van der Waals surface area contributed by atoms with Crippen molar-refractivity contribution in [3.63, 3.8) is 0 Å². The van der Waals surface area contributed by atoms with Crippen molar-refractivity contribution < 1.29 is 27.2 Å². The fourth-order valence-corrected chi connectivity index (χ4v) is 1.26. The van der Waals surface area contributed by atoms with Gasteiger partial charge in [0.25, 0.3) is 0 Å². The fourth-order valence-electron chi connectivity index (χ4n) is 1.26. The Hall–Kier alpha value is -1.72. The van der Waals surface area contributed by atoms with Gasteiger partial charge in [-0.3, -0.25) is 9.59 Å². The maximum absolute atomic E-state index is 13.1. The summed E-state index contributed by atoms with van der Waals surface area (Å²) in [5.41, 5.74) is -0.516. The van der Waals surface area contributed by atoms with Crippen LogP contribution in [0.15, 0.2) is 24.3 Å². The van der Waals surface area contributed by atoms with Crippen molar-refractivity contribution in [3.05, 3.63) is 35.6 Å². The first-order valence-corrected chi connectivity index (χ1v) is 4.65. The molecule has 1 rings (SSSR count). The summed E-state index contributed by atoms with van der Waals surface area (Å²) in [5, 5.41) is 0. The molecule has 0 aliphatic rings. The third-order valence-electron chi connectivity index (χ3n) is 2.21. The number of carbonyl (C=O) groups excluding carboxylic acids is 2. The van der Waals surface area contributed by atoms with Gasteiger partial charge in [0.2, 0.25) is 5.78 Å². The lowest BCUT2D eigenvalue weighted by Gasteiger charge is -2.12. The van der Waals surface area contributed by atoms with E-state index in [0.29, 0.717) is 0 Å². The van der Waals surface area contributed by atoms with Gasteiger partial charge in [0.15, 0.2) is 5.78 Å². The normalized spacial score (nSPS) is 13.2. The van der Waals surface area contributed by atoms with Crippen molar-refractivity contribution in [2.24, 2.45) is 5.92 Å². The Morgan fingerprint density at radius 3 is 2.18 bits per heavy atom. The largest absolute Gasteiger partial charge is 0.450 e. The molecule has 0 fully saturated rings. The molecule has 0 heterocycles. The van der Waals surface area contributed by atoms with Crippen molar-refractivity contribution in [1.29, 1.82) is 0 Å². The Morgan fingerprint density at radius 1 is 1.18 bits per heavy atom. The maximum atomic E-state index is 13.1. The Morgan fingerprint density at radius 2 is 1.71 bits per heavy atom. The molecule has 17 heavy (non-hydrogen) atoms. The third-order valence-corrected chi connectivity index (χ3v) is 2.21. The Labute approximate surface area is 94.2 Å².